The van der Waals surface area contributed by atoms with Crippen LogP contribution in [0.4, 0.5) is 0 Å². The number of furan rings is 1. The molecule has 0 bridgehead atoms. The smallest absolute Gasteiger partial charge is 0.137 e. The lowest BCUT2D eigenvalue weighted by atomic mass is 10.0. The third-order valence-electron chi connectivity index (χ3n) is 3.67. The first kappa shape index (κ1) is 12.9. The zero-order chi connectivity index (χ0) is 14.3. The van der Waals surface area contributed by atoms with Crippen LogP contribution in [0.25, 0.3) is 11.0 Å². The highest BCUT2D eigenvalue weighted by Crippen LogP contribution is 2.29. The molecule has 2 aromatic heterocycles. The quantitative estimate of drug-likeness (QED) is 0.767. The summed E-state index contributed by atoms with van der Waals surface area (Å²) < 4.78 is 5.95. The molecule has 0 aliphatic rings. The highest BCUT2D eigenvalue weighted by molar-refractivity contribution is 5.81. The molecule has 2 heterocycles. The molecular weight excluding hydrogens is 248 g/mol. The normalized spacial score (nSPS) is 12.8. The monoisotopic (exact) mass is 266 g/mol. The second-order valence-electron chi connectivity index (χ2n) is 5.25. The topological polar surface area (TPSA) is 52.0 Å². The number of nitrogens with two attached hydrogens (primary N) is 1. The Hall–Kier alpha value is -2.13. The van der Waals surface area contributed by atoms with Gasteiger partial charge in [0.05, 0.1) is 6.04 Å². The molecular formula is C17H18N2O. The van der Waals surface area contributed by atoms with Gasteiger partial charge in [0.15, 0.2) is 0 Å². The van der Waals surface area contributed by atoms with Gasteiger partial charge < -0.3 is 10.2 Å². The van der Waals surface area contributed by atoms with Crippen LogP contribution in [0.1, 0.15) is 34.3 Å². The summed E-state index contributed by atoms with van der Waals surface area (Å²) in [6, 6.07) is 11.9. The van der Waals surface area contributed by atoms with Crippen molar-refractivity contribution in [1.82, 2.24) is 4.98 Å². The third kappa shape index (κ3) is 2.10. The van der Waals surface area contributed by atoms with Gasteiger partial charge in [-0.15, -0.1) is 0 Å². The molecule has 1 aromatic carbocycles. The van der Waals surface area contributed by atoms with Crippen LogP contribution in [0.2, 0.25) is 0 Å². The van der Waals surface area contributed by atoms with Crippen LogP contribution in [0, 0.1) is 20.8 Å². The van der Waals surface area contributed by atoms with Crippen molar-refractivity contribution in [1.29, 1.82) is 0 Å². The van der Waals surface area contributed by atoms with E-state index in [0.29, 0.717) is 0 Å². The van der Waals surface area contributed by atoms with Gasteiger partial charge in [-0.2, -0.15) is 0 Å². The molecule has 0 saturated carbocycles. The summed E-state index contributed by atoms with van der Waals surface area (Å²) in [4.78, 5) is 4.47. The SMILES string of the molecule is Cc1ccc(C(N)c2cc3cccc(C)c3o2)c(C)n1. The maximum atomic E-state index is 6.35. The lowest BCUT2D eigenvalue weighted by molar-refractivity contribution is 0.522. The first-order chi connectivity index (χ1) is 9.56. The molecule has 0 spiro atoms. The van der Waals surface area contributed by atoms with Gasteiger partial charge in [0.2, 0.25) is 0 Å². The van der Waals surface area contributed by atoms with Crippen LogP contribution in [0.3, 0.4) is 0 Å². The number of fused-ring (bicyclic) bond motifs is 1. The second kappa shape index (κ2) is 4.76. The predicted octanol–water partition coefficient (Wildman–Crippen LogP) is 3.80. The number of pyridine rings is 1. The van der Waals surface area contributed by atoms with Crippen molar-refractivity contribution in [3.63, 3.8) is 0 Å². The fourth-order valence-corrected chi connectivity index (χ4v) is 2.56. The Bertz CT molecular complexity index is 774. The average Bonchev–Trinajstić information content (AvgIpc) is 2.83. The molecule has 0 amide bonds. The highest BCUT2D eigenvalue weighted by atomic mass is 16.3. The molecule has 3 rings (SSSR count). The van der Waals surface area contributed by atoms with Crippen molar-refractivity contribution in [3.8, 4) is 0 Å². The highest BCUT2D eigenvalue weighted by Gasteiger charge is 2.17. The maximum absolute atomic E-state index is 6.35. The minimum Gasteiger partial charge on any atom is -0.459 e. The van der Waals surface area contributed by atoms with Crippen LogP contribution in [-0.2, 0) is 0 Å². The molecule has 0 aliphatic heterocycles. The Labute approximate surface area is 118 Å². The predicted molar refractivity (Wildman–Crippen MR) is 80.7 cm³/mol. The number of aryl methyl sites for hydroxylation is 3. The van der Waals surface area contributed by atoms with Crippen molar-refractivity contribution in [2.75, 3.05) is 0 Å². The van der Waals surface area contributed by atoms with Gasteiger partial charge >= 0.3 is 0 Å². The van der Waals surface area contributed by atoms with Gasteiger partial charge in [-0.1, -0.05) is 24.3 Å². The number of benzene rings is 1. The molecule has 3 nitrogen and oxygen atoms in total. The minimum absolute atomic E-state index is 0.283. The minimum atomic E-state index is -0.283. The van der Waals surface area contributed by atoms with Gasteiger partial charge in [-0.25, -0.2) is 0 Å². The average molecular weight is 266 g/mol. The molecule has 20 heavy (non-hydrogen) atoms. The number of rotatable bonds is 2. The Morgan fingerprint density at radius 3 is 2.60 bits per heavy atom. The van der Waals surface area contributed by atoms with E-state index in [1.54, 1.807) is 0 Å². The molecule has 3 heteroatoms. The van der Waals surface area contributed by atoms with Crippen molar-refractivity contribution in [2.24, 2.45) is 5.73 Å². The van der Waals surface area contributed by atoms with E-state index < -0.39 is 0 Å². The van der Waals surface area contributed by atoms with Crippen LogP contribution >= 0.6 is 0 Å². The Morgan fingerprint density at radius 2 is 1.90 bits per heavy atom. The fourth-order valence-electron chi connectivity index (χ4n) is 2.56. The van der Waals surface area contributed by atoms with Crippen molar-refractivity contribution >= 4 is 11.0 Å². The van der Waals surface area contributed by atoms with Crippen molar-refractivity contribution < 1.29 is 4.42 Å². The van der Waals surface area contributed by atoms with E-state index in [0.717, 1.165) is 39.2 Å². The van der Waals surface area contributed by atoms with Crippen molar-refractivity contribution in [3.05, 3.63) is 64.7 Å². The lowest BCUT2D eigenvalue weighted by Crippen LogP contribution is -2.13. The Balaban J connectivity index is 2.08. The van der Waals surface area contributed by atoms with Crippen LogP contribution in [-0.4, -0.2) is 4.98 Å². The standard InChI is InChI=1S/C17H18N2O/c1-10-5-4-6-13-9-15(20-17(10)13)16(18)14-8-7-11(2)19-12(14)3/h4-9,16H,18H2,1-3H3. The first-order valence-electron chi connectivity index (χ1n) is 6.75. The van der Waals surface area contributed by atoms with E-state index in [-0.39, 0.29) is 6.04 Å². The summed E-state index contributed by atoms with van der Waals surface area (Å²) in [6.45, 7) is 6.00. The van der Waals surface area contributed by atoms with Gasteiger partial charge in [-0.05, 0) is 44.0 Å². The fraction of sp³-hybridized carbons (Fsp3) is 0.235. The molecule has 0 radical (unpaired) electrons. The zero-order valence-corrected chi connectivity index (χ0v) is 12.0. The molecule has 3 aromatic rings. The van der Waals surface area contributed by atoms with E-state index in [9.17, 15) is 0 Å². The van der Waals surface area contributed by atoms with E-state index in [4.69, 9.17) is 10.2 Å². The number of nitrogens with zero attached hydrogens (tertiary/aromatic N) is 1. The first-order valence-corrected chi connectivity index (χ1v) is 6.75. The summed E-state index contributed by atoms with van der Waals surface area (Å²) in [7, 11) is 0. The number of hydrogen-bond acceptors (Lipinski definition) is 3. The Kier molecular flexibility index (Phi) is 3.07. The van der Waals surface area contributed by atoms with E-state index >= 15 is 0 Å². The number of para-hydroxylation sites is 1. The largest absolute Gasteiger partial charge is 0.459 e. The third-order valence-corrected chi connectivity index (χ3v) is 3.67. The van der Waals surface area contributed by atoms with E-state index in [1.165, 1.54) is 0 Å². The summed E-state index contributed by atoms with van der Waals surface area (Å²) >= 11 is 0. The van der Waals surface area contributed by atoms with Gasteiger partial charge in [0.25, 0.3) is 0 Å². The summed E-state index contributed by atoms with van der Waals surface area (Å²) in [5.74, 6) is 0.781. The second-order valence-corrected chi connectivity index (χ2v) is 5.25. The summed E-state index contributed by atoms with van der Waals surface area (Å²) in [5, 5.41) is 1.09. The van der Waals surface area contributed by atoms with E-state index in [1.807, 2.05) is 57.2 Å². The van der Waals surface area contributed by atoms with Crippen LogP contribution < -0.4 is 5.73 Å². The molecule has 0 saturated heterocycles. The molecule has 2 N–H and O–H groups in total. The van der Waals surface area contributed by atoms with Crippen LogP contribution in [0.5, 0.6) is 0 Å². The molecule has 1 atom stereocenters. The van der Waals surface area contributed by atoms with Crippen LogP contribution in [0.15, 0.2) is 40.8 Å². The van der Waals surface area contributed by atoms with E-state index in [2.05, 4.69) is 4.98 Å². The maximum Gasteiger partial charge on any atom is 0.137 e. The van der Waals surface area contributed by atoms with Gasteiger partial charge in [0, 0.05) is 16.8 Å². The van der Waals surface area contributed by atoms with Crippen molar-refractivity contribution in [2.45, 2.75) is 26.8 Å². The summed E-state index contributed by atoms with van der Waals surface area (Å²) in [6.07, 6.45) is 0. The number of aromatic nitrogens is 1. The molecule has 102 valence electrons. The molecule has 0 aliphatic carbocycles. The summed E-state index contributed by atoms with van der Waals surface area (Å²) in [5.41, 5.74) is 11.3. The molecule has 1 unspecified atom stereocenters. The number of hydrogen-bond donors (Lipinski definition) is 1. The molecule has 0 fully saturated rings. The Morgan fingerprint density at radius 1 is 1.10 bits per heavy atom. The zero-order valence-electron chi connectivity index (χ0n) is 12.0. The lowest BCUT2D eigenvalue weighted by Gasteiger charge is -2.12. The van der Waals surface area contributed by atoms with Gasteiger partial charge in [0.1, 0.15) is 11.3 Å². The van der Waals surface area contributed by atoms with Gasteiger partial charge in [-0.3, -0.25) is 4.98 Å².